The van der Waals surface area contributed by atoms with E-state index in [1.807, 2.05) is 30.3 Å². The van der Waals surface area contributed by atoms with Crippen LogP contribution in [-0.2, 0) is 6.61 Å². The maximum atomic E-state index is 9.82. The molecule has 2 unspecified atom stereocenters. The summed E-state index contributed by atoms with van der Waals surface area (Å²) in [5, 5.41) is 19.3. The first-order valence-corrected chi connectivity index (χ1v) is 6.53. The topological polar surface area (TPSA) is 75.7 Å². The van der Waals surface area contributed by atoms with E-state index < -0.39 is 12.2 Å². The molecule has 0 heterocycles. The van der Waals surface area contributed by atoms with E-state index in [1.165, 1.54) is 0 Å². The van der Waals surface area contributed by atoms with Crippen LogP contribution < -0.4 is 10.5 Å². The van der Waals surface area contributed by atoms with Gasteiger partial charge < -0.3 is 20.7 Å². The summed E-state index contributed by atoms with van der Waals surface area (Å²) in [4.78, 5) is 0. The van der Waals surface area contributed by atoms with Crippen molar-refractivity contribution in [2.75, 3.05) is 6.54 Å². The summed E-state index contributed by atoms with van der Waals surface area (Å²) < 4.78 is 5.64. The van der Waals surface area contributed by atoms with Gasteiger partial charge in [0.15, 0.2) is 0 Å². The summed E-state index contributed by atoms with van der Waals surface area (Å²) in [5.74, 6) is 0.715. The molecule has 106 valence electrons. The van der Waals surface area contributed by atoms with Crippen LogP contribution in [0.25, 0.3) is 0 Å². The van der Waals surface area contributed by atoms with E-state index in [1.54, 1.807) is 24.3 Å². The maximum Gasteiger partial charge on any atom is 0.119 e. The minimum absolute atomic E-state index is 0.0213. The zero-order valence-corrected chi connectivity index (χ0v) is 11.1. The molecule has 20 heavy (non-hydrogen) atoms. The minimum Gasteiger partial charge on any atom is -0.489 e. The fraction of sp³-hybridized carbons (Fsp3) is 0.250. The summed E-state index contributed by atoms with van der Waals surface area (Å²) in [6.07, 6.45) is -1.92. The number of hydrogen-bond acceptors (Lipinski definition) is 4. The number of aliphatic hydroxyl groups excluding tert-OH is 2. The standard InChI is InChI=1S/C16H19NO3/c17-10-15(18)16(19)13-6-8-14(9-7-13)20-11-12-4-2-1-3-5-12/h1-9,15-16,18-19H,10-11,17H2. The Morgan fingerprint density at radius 2 is 1.60 bits per heavy atom. The quantitative estimate of drug-likeness (QED) is 0.747. The van der Waals surface area contributed by atoms with Gasteiger partial charge in [0.2, 0.25) is 0 Å². The number of ether oxygens (including phenoxy) is 1. The second-order valence-corrected chi connectivity index (χ2v) is 4.59. The van der Waals surface area contributed by atoms with Crippen molar-refractivity contribution in [2.45, 2.75) is 18.8 Å². The van der Waals surface area contributed by atoms with Crippen LogP contribution in [0.5, 0.6) is 5.75 Å². The molecule has 0 saturated carbocycles. The van der Waals surface area contributed by atoms with Gasteiger partial charge in [-0.2, -0.15) is 0 Å². The molecular weight excluding hydrogens is 254 g/mol. The van der Waals surface area contributed by atoms with E-state index in [9.17, 15) is 10.2 Å². The molecular formula is C16H19NO3. The number of benzene rings is 2. The third kappa shape index (κ3) is 3.81. The van der Waals surface area contributed by atoms with Crippen LogP contribution in [0.15, 0.2) is 54.6 Å². The van der Waals surface area contributed by atoms with Crippen LogP contribution in [0.4, 0.5) is 0 Å². The fourth-order valence-electron chi connectivity index (χ4n) is 1.85. The Morgan fingerprint density at radius 1 is 0.950 bits per heavy atom. The SMILES string of the molecule is NCC(O)C(O)c1ccc(OCc2ccccc2)cc1. The molecule has 0 spiro atoms. The van der Waals surface area contributed by atoms with E-state index in [0.29, 0.717) is 17.9 Å². The molecule has 2 aromatic rings. The second kappa shape index (κ2) is 7.05. The van der Waals surface area contributed by atoms with Crippen LogP contribution in [0.3, 0.4) is 0 Å². The highest BCUT2D eigenvalue weighted by Gasteiger charge is 2.16. The molecule has 4 N–H and O–H groups in total. The Hall–Kier alpha value is -1.88. The lowest BCUT2D eigenvalue weighted by Gasteiger charge is -2.16. The zero-order chi connectivity index (χ0) is 14.4. The van der Waals surface area contributed by atoms with Gasteiger partial charge in [-0.05, 0) is 23.3 Å². The van der Waals surface area contributed by atoms with E-state index in [4.69, 9.17) is 10.5 Å². The van der Waals surface area contributed by atoms with Crippen molar-refractivity contribution < 1.29 is 14.9 Å². The van der Waals surface area contributed by atoms with E-state index in [2.05, 4.69) is 0 Å². The minimum atomic E-state index is -0.969. The van der Waals surface area contributed by atoms with Gasteiger partial charge in [-0.15, -0.1) is 0 Å². The van der Waals surface area contributed by atoms with Crippen molar-refractivity contribution >= 4 is 0 Å². The fourth-order valence-corrected chi connectivity index (χ4v) is 1.85. The van der Waals surface area contributed by atoms with Gasteiger partial charge in [0.1, 0.15) is 18.5 Å². The van der Waals surface area contributed by atoms with Crippen LogP contribution in [-0.4, -0.2) is 22.9 Å². The summed E-state index contributed by atoms with van der Waals surface area (Å²) in [7, 11) is 0. The van der Waals surface area contributed by atoms with Gasteiger partial charge in [0, 0.05) is 6.54 Å². The van der Waals surface area contributed by atoms with Crippen molar-refractivity contribution in [2.24, 2.45) is 5.73 Å². The largest absolute Gasteiger partial charge is 0.489 e. The van der Waals surface area contributed by atoms with Crippen LogP contribution in [0.1, 0.15) is 17.2 Å². The average molecular weight is 273 g/mol. The van der Waals surface area contributed by atoms with Crippen LogP contribution in [0.2, 0.25) is 0 Å². The first kappa shape index (κ1) is 14.5. The number of nitrogens with two attached hydrogens (primary N) is 1. The molecule has 0 radical (unpaired) electrons. The number of hydrogen-bond donors (Lipinski definition) is 3. The van der Waals surface area contributed by atoms with Gasteiger partial charge in [0.25, 0.3) is 0 Å². The van der Waals surface area contributed by atoms with Crippen LogP contribution >= 0.6 is 0 Å². The molecule has 2 atom stereocenters. The third-order valence-electron chi connectivity index (χ3n) is 3.08. The maximum absolute atomic E-state index is 9.82. The van der Waals surface area contributed by atoms with Gasteiger partial charge in [-0.1, -0.05) is 42.5 Å². The Labute approximate surface area is 118 Å². The lowest BCUT2D eigenvalue weighted by atomic mass is 10.0. The smallest absolute Gasteiger partial charge is 0.119 e. The first-order valence-electron chi connectivity index (χ1n) is 6.53. The summed E-state index contributed by atoms with van der Waals surface area (Å²) >= 11 is 0. The summed E-state index contributed by atoms with van der Waals surface area (Å²) in [5.41, 5.74) is 7.03. The van der Waals surface area contributed by atoms with Crippen molar-refractivity contribution in [3.63, 3.8) is 0 Å². The molecule has 0 aliphatic rings. The number of aliphatic hydroxyl groups is 2. The van der Waals surface area contributed by atoms with Gasteiger partial charge in [-0.3, -0.25) is 0 Å². The monoisotopic (exact) mass is 273 g/mol. The molecule has 2 aromatic carbocycles. The first-order chi connectivity index (χ1) is 9.70. The highest BCUT2D eigenvalue weighted by atomic mass is 16.5. The van der Waals surface area contributed by atoms with Crippen molar-refractivity contribution in [1.82, 2.24) is 0 Å². The van der Waals surface area contributed by atoms with E-state index >= 15 is 0 Å². The second-order valence-electron chi connectivity index (χ2n) is 4.59. The Kier molecular flexibility index (Phi) is 5.12. The van der Waals surface area contributed by atoms with Gasteiger partial charge in [0.05, 0.1) is 6.10 Å². The predicted octanol–water partition coefficient (Wildman–Crippen LogP) is 1.62. The van der Waals surface area contributed by atoms with Crippen molar-refractivity contribution in [3.8, 4) is 5.75 Å². The molecule has 0 saturated heterocycles. The molecule has 4 nitrogen and oxygen atoms in total. The lowest BCUT2D eigenvalue weighted by Crippen LogP contribution is -2.27. The third-order valence-corrected chi connectivity index (χ3v) is 3.08. The zero-order valence-electron chi connectivity index (χ0n) is 11.1. The Balaban J connectivity index is 1.95. The summed E-state index contributed by atoms with van der Waals surface area (Å²) in [6, 6.07) is 16.9. The number of rotatable bonds is 6. The molecule has 4 heteroatoms. The van der Waals surface area contributed by atoms with Gasteiger partial charge in [-0.25, -0.2) is 0 Å². The predicted molar refractivity (Wildman–Crippen MR) is 77.2 cm³/mol. The summed E-state index contributed by atoms with van der Waals surface area (Å²) in [6.45, 7) is 0.515. The highest BCUT2D eigenvalue weighted by molar-refractivity contribution is 5.29. The van der Waals surface area contributed by atoms with E-state index in [0.717, 1.165) is 5.56 Å². The van der Waals surface area contributed by atoms with E-state index in [-0.39, 0.29) is 6.54 Å². The molecule has 0 amide bonds. The molecule has 2 rings (SSSR count). The van der Waals surface area contributed by atoms with Gasteiger partial charge >= 0.3 is 0 Å². The lowest BCUT2D eigenvalue weighted by molar-refractivity contribution is 0.0243. The van der Waals surface area contributed by atoms with Crippen LogP contribution in [0, 0.1) is 0 Å². The Morgan fingerprint density at radius 3 is 2.20 bits per heavy atom. The Bertz CT molecular complexity index is 513. The molecule has 0 fully saturated rings. The molecule has 0 aromatic heterocycles. The highest BCUT2D eigenvalue weighted by Crippen LogP contribution is 2.20. The van der Waals surface area contributed by atoms with Crippen molar-refractivity contribution in [1.29, 1.82) is 0 Å². The average Bonchev–Trinajstić information content (AvgIpc) is 2.53. The normalized spacial score (nSPS) is 13.8. The van der Waals surface area contributed by atoms with Crippen molar-refractivity contribution in [3.05, 3.63) is 65.7 Å². The molecule has 0 bridgehead atoms. The molecule has 0 aliphatic heterocycles. The molecule has 0 aliphatic carbocycles.